The molecule has 2 heterocycles. The van der Waals surface area contributed by atoms with Crippen LogP contribution in [-0.2, 0) is 26.5 Å². The molecule has 33 heavy (non-hydrogen) atoms. The normalized spacial score (nSPS) is 14.3. The number of aryl methyl sites for hydroxylation is 2. The summed E-state index contributed by atoms with van der Waals surface area (Å²) < 4.78 is 56.4. The molecule has 0 bridgehead atoms. The van der Waals surface area contributed by atoms with Crippen LogP contribution in [0.25, 0.3) is 10.8 Å². The van der Waals surface area contributed by atoms with Gasteiger partial charge >= 0.3 is 0 Å². The van der Waals surface area contributed by atoms with Crippen molar-refractivity contribution in [2.24, 2.45) is 0 Å². The van der Waals surface area contributed by atoms with E-state index in [1.165, 1.54) is 16.4 Å². The number of benzene rings is 3. The van der Waals surface area contributed by atoms with Crippen molar-refractivity contribution in [1.29, 1.82) is 0 Å². The van der Waals surface area contributed by atoms with Crippen LogP contribution in [-0.4, -0.2) is 33.6 Å². The van der Waals surface area contributed by atoms with Gasteiger partial charge in [-0.2, -0.15) is 0 Å². The molecule has 1 aromatic heterocycles. The summed E-state index contributed by atoms with van der Waals surface area (Å²) in [5, 5.41) is 10.3. The summed E-state index contributed by atoms with van der Waals surface area (Å²) >= 11 is 1.14. The molecule has 0 saturated carbocycles. The molecule has 1 aliphatic rings. The fourth-order valence-electron chi connectivity index (χ4n) is 3.92. The van der Waals surface area contributed by atoms with Crippen LogP contribution in [0, 0.1) is 6.92 Å². The van der Waals surface area contributed by atoms with E-state index in [0.717, 1.165) is 22.1 Å². The maximum absolute atomic E-state index is 13.5. The van der Waals surface area contributed by atoms with Crippen LogP contribution in [0.4, 0.5) is 10.8 Å². The van der Waals surface area contributed by atoms with Gasteiger partial charge in [-0.1, -0.05) is 41.7 Å². The maximum atomic E-state index is 13.5. The van der Waals surface area contributed by atoms with Gasteiger partial charge in [0.25, 0.3) is 20.0 Å². The molecule has 11 heteroatoms. The third kappa shape index (κ3) is 4.07. The van der Waals surface area contributed by atoms with Crippen LogP contribution >= 0.6 is 11.3 Å². The van der Waals surface area contributed by atoms with E-state index < -0.39 is 20.0 Å². The highest BCUT2D eigenvalue weighted by atomic mass is 32.2. The van der Waals surface area contributed by atoms with Crippen molar-refractivity contribution in [3.05, 3.63) is 71.2 Å². The predicted molar refractivity (Wildman–Crippen MR) is 129 cm³/mol. The zero-order chi connectivity index (χ0) is 23.2. The number of hydrogen-bond acceptors (Lipinski definition) is 7. The third-order valence-electron chi connectivity index (χ3n) is 5.49. The second-order valence-corrected chi connectivity index (χ2v) is 12.4. The molecule has 0 amide bonds. The van der Waals surface area contributed by atoms with Crippen molar-refractivity contribution < 1.29 is 16.8 Å². The average Bonchev–Trinajstić information content (AvgIpc) is 3.21. The van der Waals surface area contributed by atoms with Crippen LogP contribution < -0.4 is 9.03 Å². The first-order valence-electron chi connectivity index (χ1n) is 10.2. The first-order chi connectivity index (χ1) is 15.7. The van der Waals surface area contributed by atoms with E-state index in [-0.39, 0.29) is 14.9 Å². The minimum absolute atomic E-state index is 0.0547. The van der Waals surface area contributed by atoms with E-state index >= 15 is 0 Å². The first kappa shape index (κ1) is 21.8. The molecular formula is C22H20N4O4S3. The second-order valence-electron chi connectivity index (χ2n) is 7.71. The van der Waals surface area contributed by atoms with Gasteiger partial charge in [-0.15, -0.1) is 10.2 Å². The summed E-state index contributed by atoms with van der Waals surface area (Å²) in [5.74, 6) is 0. The Morgan fingerprint density at radius 2 is 1.67 bits per heavy atom. The van der Waals surface area contributed by atoms with Crippen molar-refractivity contribution in [3.8, 4) is 0 Å². The van der Waals surface area contributed by atoms with Gasteiger partial charge < -0.3 is 0 Å². The van der Waals surface area contributed by atoms with E-state index in [4.69, 9.17) is 0 Å². The number of nitrogens with zero attached hydrogens (tertiary/aromatic N) is 3. The number of hydrogen-bond donors (Lipinski definition) is 1. The smallest absolute Gasteiger partial charge is 0.264 e. The standard InChI is InChI=1S/C22H20N4O4S3/c1-15-23-24-22(31-15)25-32(27,28)19-10-11-21-18(14-19)7-4-12-26(21)33(29,30)20-9-8-16-5-2-3-6-17(16)13-20/h2-3,5-6,8-11,13-14H,4,7,12H2,1H3,(H,24,25). The molecule has 1 N–H and O–H groups in total. The van der Waals surface area contributed by atoms with Crippen molar-refractivity contribution >= 4 is 53.0 Å². The Kier molecular flexibility index (Phi) is 5.34. The first-order valence-corrected chi connectivity index (χ1v) is 14.0. The molecule has 0 unspecified atom stereocenters. The number of rotatable bonds is 5. The molecule has 8 nitrogen and oxygen atoms in total. The molecule has 4 aromatic rings. The summed E-state index contributed by atoms with van der Waals surface area (Å²) in [5.41, 5.74) is 1.17. The summed E-state index contributed by atoms with van der Waals surface area (Å²) in [6.07, 6.45) is 1.17. The van der Waals surface area contributed by atoms with Crippen LogP contribution in [0.1, 0.15) is 17.0 Å². The topological polar surface area (TPSA) is 109 Å². The average molecular weight is 501 g/mol. The Morgan fingerprint density at radius 1 is 0.909 bits per heavy atom. The maximum Gasteiger partial charge on any atom is 0.264 e. The number of nitrogens with one attached hydrogen (secondary N) is 1. The Morgan fingerprint density at radius 3 is 2.42 bits per heavy atom. The Labute approximate surface area is 196 Å². The minimum atomic E-state index is -3.87. The molecule has 0 saturated heterocycles. The van der Waals surface area contributed by atoms with Crippen molar-refractivity contribution in [3.63, 3.8) is 0 Å². The molecule has 0 radical (unpaired) electrons. The van der Waals surface area contributed by atoms with Gasteiger partial charge in [0.15, 0.2) is 0 Å². The van der Waals surface area contributed by atoms with Crippen LogP contribution in [0.3, 0.4) is 0 Å². The van der Waals surface area contributed by atoms with E-state index in [1.807, 2.05) is 24.3 Å². The third-order valence-corrected chi connectivity index (χ3v) is 9.52. The highest BCUT2D eigenvalue weighted by Crippen LogP contribution is 2.34. The van der Waals surface area contributed by atoms with Crippen LogP contribution in [0.5, 0.6) is 0 Å². The van der Waals surface area contributed by atoms with Gasteiger partial charge in [0.1, 0.15) is 5.01 Å². The van der Waals surface area contributed by atoms with Gasteiger partial charge in [-0.05, 0) is 66.4 Å². The molecular weight excluding hydrogens is 480 g/mol. The van der Waals surface area contributed by atoms with E-state index in [0.29, 0.717) is 35.6 Å². The van der Waals surface area contributed by atoms with Crippen molar-refractivity contribution in [2.45, 2.75) is 29.6 Å². The quantitative estimate of drug-likeness (QED) is 0.445. The fourth-order valence-corrected chi connectivity index (χ4v) is 7.37. The monoisotopic (exact) mass is 500 g/mol. The van der Waals surface area contributed by atoms with Gasteiger partial charge in [0, 0.05) is 6.54 Å². The largest absolute Gasteiger partial charge is 0.266 e. The summed E-state index contributed by atoms with van der Waals surface area (Å²) in [4.78, 5) is 0.262. The van der Waals surface area contributed by atoms with Gasteiger partial charge in [0.05, 0.1) is 15.5 Å². The number of fused-ring (bicyclic) bond motifs is 2. The molecule has 5 rings (SSSR count). The zero-order valence-corrected chi connectivity index (χ0v) is 20.0. The number of sulfonamides is 2. The lowest BCUT2D eigenvalue weighted by molar-refractivity contribution is 0.586. The molecule has 0 spiro atoms. The number of anilines is 2. The van der Waals surface area contributed by atoms with Crippen LogP contribution in [0.2, 0.25) is 0 Å². The lowest BCUT2D eigenvalue weighted by Gasteiger charge is -2.31. The van der Waals surface area contributed by atoms with E-state index in [9.17, 15) is 16.8 Å². The fraction of sp³-hybridized carbons (Fsp3) is 0.182. The predicted octanol–water partition coefficient (Wildman–Crippen LogP) is 3.94. The van der Waals surface area contributed by atoms with E-state index in [2.05, 4.69) is 14.9 Å². The Bertz CT molecular complexity index is 1580. The van der Waals surface area contributed by atoms with Gasteiger partial charge in [-0.25, -0.2) is 16.8 Å². The Balaban J connectivity index is 1.50. The molecule has 0 fully saturated rings. The second kappa shape index (κ2) is 8.08. The summed E-state index contributed by atoms with van der Waals surface area (Å²) in [6.45, 7) is 2.06. The molecule has 170 valence electrons. The number of aromatic nitrogens is 2. The van der Waals surface area contributed by atoms with Gasteiger partial charge in [0.2, 0.25) is 5.13 Å². The van der Waals surface area contributed by atoms with Crippen LogP contribution in [0.15, 0.2) is 70.5 Å². The van der Waals surface area contributed by atoms with E-state index in [1.54, 1.807) is 31.2 Å². The zero-order valence-electron chi connectivity index (χ0n) is 17.6. The summed E-state index contributed by atoms with van der Waals surface area (Å²) in [7, 11) is -7.68. The molecule has 3 aromatic carbocycles. The lowest BCUT2D eigenvalue weighted by Crippen LogP contribution is -2.35. The highest BCUT2D eigenvalue weighted by Gasteiger charge is 2.30. The molecule has 0 atom stereocenters. The SMILES string of the molecule is Cc1nnc(NS(=O)(=O)c2ccc3c(c2)CCCN3S(=O)(=O)c2ccc3ccccc3c2)s1. The summed E-state index contributed by atoms with van der Waals surface area (Å²) in [6, 6.07) is 17.2. The minimum Gasteiger partial charge on any atom is -0.266 e. The lowest BCUT2D eigenvalue weighted by atomic mass is 10.0. The Hall–Kier alpha value is -3.02. The van der Waals surface area contributed by atoms with Crippen molar-refractivity contribution in [2.75, 3.05) is 15.6 Å². The molecule has 1 aliphatic heterocycles. The highest BCUT2D eigenvalue weighted by molar-refractivity contribution is 7.93. The molecule has 0 aliphatic carbocycles. The van der Waals surface area contributed by atoms with Gasteiger partial charge in [-0.3, -0.25) is 9.03 Å². The van der Waals surface area contributed by atoms with Crippen molar-refractivity contribution in [1.82, 2.24) is 10.2 Å².